The summed E-state index contributed by atoms with van der Waals surface area (Å²) in [6.45, 7) is 2.03. The number of hydrogen-bond acceptors (Lipinski definition) is 2. The van der Waals surface area contributed by atoms with E-state index in [4.69, 9.17) is 16.3 Å². The maximum Gasteiger partial charge on any atom is 0.254 e. The lowest BCUT2D eigenvalue weighted by atomic mass is 9.95. The number of ether oxygens (including phenoxy) is 1. The van der Waals surface area contributed by atoms with E-state index in [1.165, 1.54) is 18.2 Å². The normalized spacial score (nSPS) is 13.5. The van der Waals surface area contributed by atoms with Gasteiger partial charge in [-0.2, -0.15) is 0 Å². The molecule has 116 valence electrons. The molecule has 0 radical (unpaired) electrons. The molecule has 1 N–H and O–H groups in total. The molecule has 0 fully saturated rings. The highest BCUT2D eigenvalue weighted by molar-refractivity contribution is 6.30. The third-order valence-electron chi connectivity index (χ3n) is 3.59. The smallest absolute Gasteiger partial charge is 0.254 e. The molecule has 1 unspecified atom stereocenters. The van der Waals surface area contributed by atoms with Crippen molar-refractivity contribution in [2.45, 2.75) is 12.5 Å². The Hall–Kier alpha value is -1.91. The molecule has 2 rings (SSSR count). The summed E-state index contributed by atoms with van der Waals surface area (Å²) in [5.74, 6) is -1.04. The second-order valence-corrected chi connectivity index (χ2v) is 5.54. The quantitative estimate of drug-likeness (QED) is 0.910. The second kappa shape index (κ2) is 6.90. The molecule has 2 aromatic rings. The fraction of sp³-hybridized carbons (Fsp3) is 0.235. The summed E-state index contributed by atoms with van der Waals surface area (Å²) >= 11 is 5.99. The van der Waals surface area contributed by atoms with Crippen LogP contribution in [0.15, 0.2) is 48.5 Å². The van der Waals surface area contributed by atoms with E-state index in [0.717, 1.165) is 5.56 Å². The number of methoxy groups -OCH3 is 1. The summed E-state index contributed by atoms with van der Waals surface area (Å²) in [6, 6.07) is 13.1. The third kappa shape index (κ3) is 3.64. The van der Waals surface area contributed by atoms with Gasteiger partial charge in [-0.15, -0.1) is 0 Å². The Morgan fingerprint density at radius 3 is 2.64 bits per heavy atom. The van der Waals surface area contributed by atoms with Gasteiger partial charge in [0.05, 0.1) is 12.1 Å². The van der Waals surface area contributed by atoms with Gasteiger partial charge in [0.25, 0.3) is 5.91 Å². The molecule has 0 aromatic heterocycles. The van der Waals surface area contributed by atoms with Gasteiger partial charge in [-0.1, -0.05) is 35.9 Å². The number of rotatable bonds is 5. The molecule has 0 saturated heterocycles. The first-order valence-electron chi connectivity index (χ1n) is 6.80. The molecule has 2 aromatic carbocycles. The summed E-state index contributed by atoms with van der Waals surface area (Å²) < 4.78 is 19.1. The Balaban J connectivity index is 2.14. The van der Waals surface area contributed by atoms with Gasteiger partial charge in [0, 0.05) is 12.1 Å². The van der Waals surface area contributed by atoms with Gasteiger partial charge in [0.1, 0.15) is 11.4 Å². The zero-order valence-corrected chi connectivity index (χ0v) is 13.2. The summed E-state index contributed by atoms with van der Waals surface area (Å²) in [6.07, 6.45) is 0. The Morgan fingerprint density at radius 1 is 1.27 bits per heavy atom. The standard InChI is InChI=1S/C17H17ClFNO2/c1-17(22-2,12-6-5-7-13(18)10-12)11-20-16(21)14-8-3-4-9-15(14)19/h3-10H,11H2,1-2H3,(H,20,21). The van der Waals surface area contributed by atoms with Gasteiger partial charge in [0.2, 0.25) is 0 Å². The molecule has 0 bridgehead atoms. The van der Waals surface area contributed by atoms with Crippen LogP contribution < -0.4 is 5.32 Å². The first-order valence-corrected chi connectivity index (χ1v) is 7.18. The van der Waals surface area contributed by atoms with Crippen LogP contribution in [0.25, 0.3) is 0 Å². The van der Waals surface area contributed by atoms with E-state index in [2.05, 4.69) is 5.32 Å². The van der Waals surface area contributed by atoms with E-state index in [1.807, 2.05) is 19.1 Å². The van der Waals surface area contributed by atoms with Crippen LogP contribution in [0.3, 0.4) is 0 Å². The molecular weight excluding hydrogens is 305 g/mol. The predicted molar refractivity (Wildman–Crippen MR) is 84.5 cm³/mol. The summed E-state index contributed by atoms with van der Waals surface area (Å²) in [7, 11) is 1.55. The van der Waals surface area contributed by atoms with E-state index < -0.39 is 17.3 Å². The average molecular weight is 322 g/mol. The minimum absolute atomic E-state index is 0.00653. The molecule has 5 heteroatoms. The molecule has 0 saturated carbocycles. The Morgan fingerprint density at radius 2 is 2.00 bits per heavy atom. The van der Waals surface area contributed by atoms with Crippen molar-refractivity contribution in [3.8, 4) is 0 Å². The summed E-state index contributed by atoms with van der Waals surface area (Å²) in [5, 5.41) is 3.29. The van der Waals surface area contributed by atoms with E-state index >= 15 is 0 Å². The third-order valence-corrected chi connectivity index (χ3v) is 3.83. The summed E-state index contributed by atoms with van der Waals surface area (Å²) in [5.41, 5.74) is 0.0783. The van der Waals surface area contributed by atoms with E-state index in [-0.39, 0.29) is 12.1 Å². The molecule has 0 heterocycles. The van der Waals surface area contributed by atoms with Crippen LogP contribution in [-0.2, 0) is 10.3 Å². The molecule has 1 amide bonds. The van der Waals surface area contributed by atoms with Crippen molar-refractivity contribution in [2.75, 3.05) is 13.7 Å². The van der Waals surface area contributed by atoms with Gasteiger partial charge in [-0.25, -0.2) is 4.39 Å². The number of benzene rings is 2. The van der Waals surface area contributed by atoms with Crippen molar-refractivity contribution >= 4 is 17.5 Å². The topological polar surface area (TPSA) is 38.3 Å². The zero-order chi connectivity index (χ0) is 16.2. The van der Waals surface area contributed by atoms with Gasteiger partial charge >= 0.3 is 0 Å². The maximum atomic E-state index is 13.6. The number of halogens is 2. The van der Waals surface area contributed by atoms with Crippen molar-refractivity contribution in [3.05, 3.63) is 70.5 Å². The highest BCUT2D eigenvalue weighted by atomic mass is 35.5. The second-order valence-electron chi connectivity index (χ2n) is 5.11. The highest BCUT2D eigenvalue weighted by Crippen LogP contribution is 2.26. The van der Waals surface area contributed by atoms with Gasteiger partial charge < -0.3 is 10.1 Å². The van der Waals surface area contributed by atoms with Crippen molar-refractivity contribution in [3.63, 3.8) is 0 Å². The van der Waals surface area contributed by atoms with Crippen molar-refractivity contribution in [1.29, 1.82) is 0 Å². The van der Waals surface area contributed by atoms with Crippen LogP contribution in [0, 0.1) is 5.82 Å². The number of carbonyl (C=O) groups excluding carboxylic acids is 1. The Bertz CT molecular complexity index is 677. The zero-order valence-electron chi connectivity index (χ0n) is 12.4. The molecule has 0 aliphatic carbocycles. The number of hydrogen-bond donors (Lipinski definition) is 1. The Labute approximate surface area is 134 Å². The van der Waals surface area contributed by atoms with Crippen LogP contribution in [0.5, 0.6) is 0 Å². The average Bonchev–Trinajstić information content (AvgIpc) is 2.52. The maximum absolute atomic E-state index is 13.6. The number of carbonyl (C=O) groups is 1. The predicted octanol–water partition coefficient (Wildman–Crippen LogP) is 3.77. The van der Waals surface area contributed by atoms with Crippen LogP contribution in [0.4, 0.5) is 4.39 Å². The first kappa shape index (κ1) is 16.5. The minimum atomic E-state index is -0.758. The van der Waals surface area contributed by atoms with E-state index in [1.54, 1.807) is 25.3 Å². The van der Waals surface area contributed by atoms with Gasteiger partial charge in [-0.05, 0) is 36.8 Å². The first-order chi connectivity index (χ1) is 10.5. The molecule has 1 atom stereocenters. The largest absolute Gasteiger partial charge is 0.372 e. The van der Waals surface area contributed by atoms with Gasteiger partial charge in [-0.3, -0.25) is 4.79 Å². The van der Waals surface area contributed by atoms with E-state index in [0.29, 0.717) is 5.02 Å². The fourth-order valence-electron chi connectivity index (χ4n) is 2.10. The number of amides is 1. The fourth-order valence-corrected chi connectivity index (χ4v) is 2.29. The lowest BCUT2D eigenvalue weighted by Crippen LogP contribution is -2.40. The van der Waals surface area contributed by atoms with Crippen LogP contribution in [0.1, 0.15) is 22.8 Å². The molecule has 22 heavy (non-hydrogen) atoms. The molecule has 0 aliphatic rings. The van der Waals surface area contributed by atoms with Crippen LogP contribution in [-0.4, -0.2) is 19.6 Å². The highest BCUT2D eigenvalue weighted by Gasteiger charge is 2.27. The Kier molecular flexibility index (Phi) is 5.16. The monoisotopic (exact) mass is 321 g/mol. The SMILES string of the molecule is COC(C)(CNC(=O)c1ccccc1F)c1cccc(Cl)c1. The van der Waals surface area contributed by atoms with Crippen LogP contribution >= 0.6 is 11.6 Å². The van der Waals surface area contributed by atoms with Crippen molar-refractivity contribution in [1.82, 2.24) is 5.32 Å². The molecule has 0 aliphatic heterocycles. The van der Waals surface area contributed by atoms with Crippen LogP contribution in [0.2, 0.25) is 5.02 Å². The number of nitrogens with one attached hydrogen (secondary N) is 1. The van der Waals surface area contributed by atoms with Gasteiger partial charge in [0.15, 0.2) is 0 Å². The van der Waals surface area contributed by atoms with Crippen molar-refractivity contribution < 1.29 is 13.9 Å². The minimum Gasteiger partial charge on any atom is -0.372 e. The van der Waals surface area contributed by atoms with Crippen molar-refractivity contribution in [2.24, 2.45) is 0 Å². The summed E-state index contributed by atoms with van der Waals surface area (Å²) in [4.78, 5) is 12.1. The van der Waals surface area contributed by atoms with E-state index in [9.17, 15) is 9.18 Å². The lowest BCUT2D eigenvalue weighted by molar-refractivity contribution is 0.00312. The molecule has 0 spiro atoms. The lowest BCUT2D eigenvalue weighted by Gasteiger charge is -2.29. The molecule has 3 nitrogen and oxygen atoms in total. The molecular formula is C17H17ClFNO2.